The van der Waals surface area contributed by atoms with Crippen LogP contribution in [0, 0.1) is 0 Å². The van der Waals surface area contributed by atoms with E-state index < -0.39 is 0 Å². The van der Waals surface area contributed by atoms with Crippen molar-refractivity contribution in [1.82, 2.24) is 24.7 Å². The molecule has 0 fully saturated rings. The molecule has 33 heavy (non-hydrogen) atoms. The highest BCUT2D eigenvalue weighted by Gasteiger charge is 2.19. The molecule has 6 rings (SSSR count). The molecule has 0 aliphatic carbocycles. The molecule has 0 unspecified atom stereocenters. The number of benzene rings is 2. The lowest BCUT2D eigenvalue weighted by Gasteiger charge is -2.08. The normalized spacial score (nSPS) is 11.3. The second kappa shape index (κ2) is 7.76. The first-order valence-electron chi connectivity index (χ1n) is 10.4. The minimum absolute atomic E-state index is 0.295. The van der Waals surface area contributed by atoms with Gasteiger partial charge in [0.1, 0.15) is 12.3 Å². The number of furan rings is 1. The van der Waals surface area contributed by atoms with Crippen molar-refractivity contribution >= 4 is 33.9 Å². The van der Waals surface area contributed by atoms with Gasteiger partial charge in [0.15, 0.2) is 5.65 Å². The third-order valence-electron chi connectivity index (χ3n) is 5.43. The van der Waals surface area contributed by atoms with Gasteiger partial charge in [-0.2, -0.15) is 5.10 Å². The number of hydrogen-bond donors (Lipinski definition) is 2. The molecule has 8 heteroatoms. The van der Waals surface area contributed by atoms with Crippen LogP contribution in [0.3, 0.4) is 0 Å². The Morgan fingerprint density at radius 1 is 1.00 bits per heavy atom. The number of rotatable bonds is 5. The standard InChI is InChI=1S/C25H18N6O2/c32-24(30-25-28-20-10-4-5-11-21(20)29-25)18-13-22(16-7-2-1-3-8-16)27-23-19(18)14-26-31(23)15-17-9-6-12-33-17/h1-14H,15H2,(H2,28,29,30,32). The van der Waals surface area contributed by atoms with Gasteiger partial charge < -0.3 is 9.40 Å². The summed E-state index contributed by atoms with van der Waals surface area (Å²) < 4.78 is 7.21. The highest BCUT2D eigenvalue weighted by Crippen LogP contribution is 2.26. The Morgan fingerprint density at radius 3 is 2.67 bits per heavy atom. The fraction of sp³-hybridized carbons (Fsp3) is 0.0400. The van der Waals surface area contributed by atoms with E-state index >= 15 is 0 Å². The smallest absolute Gasteiger partial charge is 0.258 e. The van der Waals surface area contributed by atoms with Crippen LogP contribution in [0.15, 0.2) is 89.7 Å². The van der Waals surface area contributed by atoms with Crippen LogP contribution in [0.25, 0.3) is 33.3 Å². The number of para-hydroxylation sites is 2. The summed E-state index contributed by atoms with van der Waals surface area (Å²) in [5.41, 5.74) is 4.28. The largest absolute Gasteiger partial charge is 0.467 e. The first-order valence-corrected chi connectivity index (χ1v) is 10.4. The third-order valence-corrected chi connectivity index (χ3v) is 5.43. The summed E-state index contributed by atoms with van der Waals surface area (Å²) in [5, 5.41) is 8.01. The Balaban J connectivity index is 1.45. The lowest BCUT2D eigenvalue weighted by atomic mass is 10.1. The number of hydrogen-bond acceptors (Lipinski definition) is 5. The van der Waals surface area contributed by atoms with Crippen molar-refractivity contribution in [3.63, 3.8) is 0 Å². The number of imidazole rings is 1. The van der Waals surface area contributed by atoms with Gasteiger partial charge in [-0.1, -0.05) is 42.5 Å². The second-order valence-corrected chi connectivity index (χ2v) is 7.60. The number of nitrogens with zero attached hydrogens (tertiary/aromatic N) is 4. The van der Waals surface area contributed by atoms with E-state index in [1.54, 1.807) is 23.2 Å². The van der Waals surface area contributed by atoms with Gasteiger partial charge in [0, 0.05) is 5.56 Å². The van der Waals surface area contributed by atoms with Gasteiger partial charge in [-0.05, 0) is 30.3 Å². The summed E-state index contributed by atoms with van der Waals surface area (Å²) in [6.45, 7) is 0.409. The molecule has 0 aliphatic rings. The van der Waals surface area contributed by atoms with Crippen molar-refractivity contribution in [2.24, 2.45) is 0 Å². The molecule has 8 nitrogen and oxygen atoms in total. The van der Waals surface area contributed by atoms with Crippen LogP contribution in [0.1, 0.15) is 16.1 Å². The minimum Gasteiger partial charge on any atom is -0.467 e. The molecule has 2 aromatic carbocycles. The first-order chi connectivity index (χ1) is 16.2. The predicted octanol–water partition coefficient (Wildman–Crippen LogP) is 4.87. The van der Waals surface area contributed by atoms with E-state index in [4.69, 9.17) is 9.40 Å². The summed E-state index contributed by atoms with van der Waals surface area (Å²) in [5.74, 6) is 0.840. The Hall–Kier alpha value is -4.72. The van der Waals surface area contributed by atoms with Gasteiger partial charge in [0.05, 0.1) is 40.1 Å². The number of aromatic nitrogens is 5. The van der Waals surface area contributed by atoms with Crippen molar-refractivity contribution in [3.8, 4) is 11.3 Å². The number of carbonyl (C=O) groups excluding carboxylic acids is 1. The quantitative estimate of drug-likeness (QED) is 0.403. The average Bonchev–Trinajstić information content (AvgIpc) is 3.59. The molecule has 4 aromatic heterocycles. The zero-order valence-electron chi connectivity index (χ0n) is 17.4. The maximum atomic E-state index is 13.4. The summed E-state index contributed by atoms with van der Waals surface area (Å²) in [6.07, 6.45) is 3.28. The number of amides is 1. The number of pyridine rings is 1. The third kappa shape index (κ3) is 3.53. The van der Waals surface area contributed by atoms with E-state index in [1.165, 1.54) is 0 Å². The van der Waals surface area contributed by atoms with Crippen molar-refractivity contribution in [2.45, 2.75) is 6.54 Å². The van der Waals surface area contributed by atoms with E-state index in [0.717, 1.165) is 22.4 Å². The molecular formula is C25H18N6O2. The van der Waals surface area contributed by atoms with Crippen LogP contribution >= 0.6 is 0 Å². The van der Waals surface area contributed by atoms with Crippen LogP contribution in [-0.4, -0.2) is 30.6 Å². The van der Waals surface area contributed by atoms with Crippen molar-refractivity contribution < 1.29 is 9.21 Å². The van der Waals surface area contributed by atoms with Gasteiger partial charge in [-0.15, -0.1) is 0 Å². The Bertz CT molecular complexity index is 1550. The second-order valence-electron chi connectivity index (χ2n) is 7.60. The topological polar surface area (TPSA) is 102 Å². The summed E-state index contributed by atoms with van der Waals surface area (Å²) >= 11 is 0. The maximum Gasteiger partial charge on any atom is 0.258 e. The van der Waals surface area contributed by atoms with E-state index in [9.17, 15) is 4.79 Å². The number of H-pyrrole nitrogens is 1. The Labute approximate surface area is 187 Å². The molecule has 0 bridgehead atoms. The van der Waals surface area contributed by atoms with Gasteiger partial charge in [-0.3, -0.25) is 10.1 Å². The molecule has 0 atom stereocenters. The van der Waals surface area contributed by atoms with E-state index in [-0.39, 0.29) is 5.91 Å². The molecule has 1 amide bonds. The monoisotopic (exact) mass is 434 g/mol. The molecule has 0 saturated carbocycles. The molecule has 2 N–H and O–H groups in total. The predicted molar refractivity (Wildman–Crippen MR) is 125 cm³/mol. The maximum absolute atomic E-state index is 13.4. The Kier molecular flexibility index (Phi) is 4.47. The molecule has 0 saturated heterocycles. The number of carbonyl (C=O) groups is 1. The summed E-state index contributed by atoms with van der Waals surface area (Å²) in [4.78, 5) is 25.8. The van der Waals surface area contributed by atoms with Gasteiger partial charge in [-0.25, -0.2) is 14.6 Å². The highest BCUT2D eigenvalue weighted by atomic mass is 16.3. The summed E-state index contributed by atoms with van der Waals surface area (Å²) in [7, 11) is 0. The van der Waals surface area contributed by atoms with Crippen molar-refractivity contribution in [3.05, 3.63) is 96.6 Å². The van der Waals surface area contributed by atoms with Gasteiger partial charge in [0.2, 0.25) is 5.95 Å². The molecule has 0 radical (unpaired) electrons. The van der Waals surface area contributed by atoms with Crippen molar-refractivity contribution in [1.29, 1.82) is 0 Å². The van der Waals surface area contributed by atoms with Crippen molar-refractivity contribution in [2.75, 3.05) is 5.32 Å². The van der Waals surface area contributed by atoms with E-state index in [2.05, 4.69) is 20.4 Å². The molecule has 160 valence electrons. The molecule has 0 aliphatic heterocycles. The molecular weight excluding hydrogens is 416 g/mol. The van der Waals surface area contributed by atoms with Crippen LogP contribution in [0.5, 0.6) is 0 Å². The lowest BCUT2D eigenvalue weighted by Crippen LogP contribution is -2.14. The number of anilines is 1. The molecule has 0 spiro atoms. The van der Waals surface area contributed by atoms with Crippen LogP contribution in [0.2, 0.25) is 0 Å². The number of nitrogens with one attached hydrogen (secondary N) is 2. The van der Waals surface area contributed by atoms with Crippen LogP contribution < -0.4 is 5.32 Å². The zero-order chi connectivity index (χ0) is 22.2. The van der Waals surface area contributed by atoms with E-state index in [0.29, 0.717) is 34.8 Å². The first kappa shape index (κ1) is 19.0. The average molecular weight is 434 g/mol. The Morgan fingerprint density at radius 2 is 1.85 bits per heavy atom. The molecule has 4 heterocycles. The fourth-order valence-electron chi connectivity index (χ4n) is 3.85. The molecule has 6 aromatic rings. The van der Waals surface area contributed by atoms with Gasteiger partial charge >= 0.3 is 0 Å². The zero-order valence-corrected chi connectivity index (χ0v) is 17.4. The lowest BCUT2D eigenvalue weighted by molar-refractivity contribution is 0.102. The van der Waals surface area contributed by atoms with Crippen LogP contribution in [0.4, 0.5) is 5.95 Å². The van der Waals surface area contributed by atoms with Crippen LogP contribution in [-0.2, 0) is 6.54 Å². The summed E-state index contributed by atoms with van der Waals surface area (Å²) in [6, 6.07) is 22.9. The fourth-order valence-corrected chi connectivity index (χ4v) is 3.85. The highest BCUT2D eigenvalue weighted by molar-refractivity contribution is 6.12. The number of aromatic amines is 1. The van der Waals surface area contributed by atoms with Gasteiger partial charge in [0.25, 0.3) is 5.91 Å². The SMILES string of the molecule is O=C(Nc1nc2ccccc2[nH]1)c1cc(-c2ccccc2)nc2c1cnn2Cc1ccco1. The van der Waals surface area contributed by atoms with E-state index in [1.807, 2.05) is 66.7 Å². The minimum atomic E-state index is -0.295. The number of fused-ring (bicyclic) bond motifs is 2.